The summed E-state index contributed by atoms with van der Waals surface area (Å²) in [6, 6.07) is 8.63. The maximum absolute atomic E-state index is 11.4. The molecule has 25 heavy (non-hydrogen) atoms. The number of benzene rings is 1. The van der Waals surface area contributed by atoms with E-state index in [0.717, 1.165) is 5.56 Å². The largest absolute Gasteiger partial charge is 0.490 e. The third-order valence-electron chi connectivity index (χ3n) is 3.09. The van der Waals surface area contributed by atoms with E-state index >= 15 is 0 Å². The van der Waals surface area contributed by atoms with E-state index in [4.69, 9.17) is 18.7 Å². The van der Waals surface area contributed by atoms with E-state index in [1.165, 1.54) is 7.11 Å². The molecule has 0 fully saturated rings. The fourth-order valence-corrected chi connectivity index (χ4v) is 1.98. The third-order valence-corrected chi connectivity index (χ3v) is 3.09. The number of hydrogen-bond donors (Lipinski definition) is 0. The smallest absolute Gasteiger partial charge is 0.373 e. The number of carbonyl (C=O) groups excluding carboxylic acids is 1. The molecule has 0 bridgehead atoms. The fraction of sp³-hybridized carbons (Fsp3) is 0.333. The summed E-state index contributed by atoms with van der Waals surface area (Å²) in [6.45, 7) is 4.91. The lowest BCUT2D eigenvalue weighted by atomic mass is 10.2. The van der Waals surface area contributed by atoms with Crippen molar-refractivity contribution in [1.82, 2.24) is 0 Å². The van der Waals surface area contributed by atoms with Gasteiger partial charge in [0.15, 0.2) is 11.5 Å². The Balaban J connectivity index is 2.07. The monoisotopic (exact) mass is 347 g/mol. The van der Waals surface area contributed by atoms with Crippen LogP contribution in [0, 0.1) is 0 Å². The van der Waals surface area contributed by atoms with Crippen molar-refractivity contribution in [2.75, 3.05) is 20.3 Å². The molecule has 0 aliphatic carbocycles. The topological polar surface area (TPSA) is 79.5 Å². The zero-order valence-electron chi connectivity index (χ0n) is 14.5. The molecule has 2 rings (SSSR count). The Hall–Kier alpha value is -2.96. The van der Waals surface area contributed by atoms with Gasteiger partial charge >= 0.3 is 5.97 Å². The molecule has 2 aromatic rings. The molecule has 1 heterocycles. The lowest BCUT2D eigenvalue weighted by molar-refractivity contribution is 0.0561. The first kappa shape index (κ1) is 18.4. The maximum atomic E-state index is 11.4. The Morgan fingerprint density at radius 2 is 1.96 bits per heavy atom. The van der Waals surface area contributed by atoms with Crippen LogP contribution in [0.25, 0.3) is 0 Å². The fourth-order valence-electron chi connectivity index (χ4n) is 1.98. The van der Waals surface area contributed by atoms with Crippen LogP contribution in [0.2, 0.25) is 0 Å². The summed E-state index contributed by atoms with van der Waals surface area (Å²) in [5.41, 5.74) is 0.829. The van der Waals surface area contributed by atoms with Gasteiger partial charge in [-0.3, -0.25) is 0 Å². The van der Waals surface area contributed by atoms with Crippen LogP contribution in [-0.2, 0) is 16.2 Å². The highest BCUT2D eigenvalue weighted by Crippen LogP contribution is 2.29. The van der Waals surface area contributed by atoms with Gasteiger partial charge in [-0.1, -0.05) is 5.16 Å². The minimum absolute atomic E-state index is 0.133. The minimum Gasteiger partial charge on any atom is -0.490 e. The summed E-state index contributed by atoms with van der Waals surface area (Å²) in [4.78, 5) is 16.3. The molecule has 0 aliphatic heterocycles. The van der Waals surface area contributed by atoms with E-state index in [0.29, 0.717) is 30.5 Å². The molecular weight excluding hydrogens is 326 g/mol. The average Bonchev–Trinajstić information content (AvgIpc) is 3.10. The van der Waals surface area contributed by atoms with Crippen LogP contribution in [0.3, 0.4) is 0 Å². The standard InChI is InChI=1S/C18H21NO6/c1-4-22-17-10-13(11-19-24-5-2)6-8-15(17)23-12-14-7-9-16(25-14)18(20)21-3/h6-11H,4-5,12H2,1-3H3/b19-11+. The van der Waals surface area contributed by atoms with Gasteiger partial charge in [0.05, 0.1) is 19.9 Å². The quantitative estimate of drug-likeness (QED) is 0.393. The number of rotatable bonds is 9. The Bertz CT molecular complexity index is 722. The van der Waals surface area contributed by atoms with Gasteiger partial charge in [0.2, 0.25) is 5.76 Å². The van der Waals surface area contributed by atoms with Crippen molar-refractivity contribution in [3.63, 3.8) is 0 Å². The second-order valence-electron chi connectivity index (χ2n) is 4.84. The summed E-state index contributed by atoms with van der Waals surface area (Å²) < 4.78 is 21.3. The molecule has 1 aromatic carbocycles. The molecule has 0 amide bonds. The van der Waals surface area contributed by atoms with Gasteiger partial charge < -0.3 is 23.5 Å². The molecule has 134 valence electrons. The minimum atomic E-state index is -0.529. The summed E-state index contributed by atoms with van der Waals surface area (Å²) in [6.07, 6.45) is 1.60. The first-order valence-electron chi connectivity index (χ1n) is 7.89. The van der Waals surface area contributed by atoms with Crippen molar-refractivity contribution >= 4 is 12.2 Å². The normalized spacial score (nSPS) is 10.7. The van der Waals surface area contributed by atoms with Crippen LogP contribution < -0.4 is 9.47 Å². The number of esters is 1. The highest BCUT2D eigenvalue weighted by Gasteiger charge is 2.12. The molecule has 0 unspecified atom stereocenters. The van der Waals surface area contributed by atoms with Crippen LogP contribution in [0.15, 0.2) is 39.9 Å². The predicted molar refractivity (Wildman–Crippen MR) is 91.2 cm³/mol. The van der Waals surface area contributed by atoms with E-state index < -0.39 is 5.97 Å². The van der Waals surface area contributed by atoms with Gasteiger partial charge in [-0.05, 0) is 44.2 Å². The SMILES string of the molecule is CCO/N=C/c1ccc(OCc2ccc(C(=O)OC)o2)c(OCC)c1. The molecular formula is C18H21NO6. The second-order valence-corrected chi connectivity index (χ2v) is 4.84. The Morgan fingerprint density at radius 3 is 2.68 bits per heavy atom. The number of methoxy groups -OCH3 is 1. The van der Waals surface area contributed by atoms with E-state index in [1.54, 1.807) is 24.4 Å². The Morgan fingerprint density at radius 1 is 1.12 bits per heavy atom. The summed E-state index contributed by atoms with van der Waals surface area (Å²) in [5.74, 6) is 1.26. The van der Waals surface area contributed by atoms with Crippen LogP contribution in [-0.4, -0.2) is 32.5 Å². The molecule has 0 aliphatic rings. The van der Waals surface area contributed by atoms with Gasteiger partial charge in [-0.25, -0.2) is 4.79 Å². The van der Waals surface area contributed by atoms with Crippen molar-refractivity contribution in [2.45, 2.75) is 20.5 Å². The number of ether oxygens (including phenoxy) is 3. The Labute approximate surface area is 146 Å². The molecule has 0 saturated heterocycles. The first-order valence-corrected chi connectivity index (χ1v) is 7.89. The van der Waals surface area contributed by atoms with Gasteiger partial charge in [-0.15, -0.1) is 0 Å². The average molecular weight is 347 g/mol. The number of carbonyl (C=O) groups is 1. The number of nitrogens with zero attached hydrogens (tertiary/aromatic N) is 1. The van der Waals surface area contributed by atoms with Crippen LogP contribution >= 0.6 is 0 Å². The summed E-state index contributed by atoms with van der Waals surface area (Å²) in [7, 11) is 1.30. The molecule has 0 N–H and O–H groups in total. The molecule has 0 spiro atoms. The molecule has 7 nitrogen and oxygen atoms in total. The molecule has 0 atom stereocenters. The van der Waals surface area contributed by atoms with Crippen LogP contribution in [0.5, 0.6) is 11.5 Å². The van der Waals surface area contributed by atoms with Crippen molar-refractivity contribution in [1.29, 1.82) is 0 Å². The molecule has 7 heteroatoms. The van der Waals surface area contributed by atoms with Crippen LogP contribution in [0.1, 0.15) is 35.7 Å². The highest BCUT2D eigenvalue weighted by atomic mass is 16.6. The summed E-state index contributed by atoms with van der Waals surface area (Å²) >= 11 is 0. The number of hydrogen-bond acceptors (Lipinski definition) is 7. The first-order chi connectivity index (χ1) is 12.2. The van der Waals surface area contributed by atoms with Crippen molar-refractivity contribution in [3.05, 3.63) is 47.4 Å². The zero-order valence-corrected chi connectivity index (χ0v) is 14.5. The lowest BCUT2D eigenvalue weighted by Gasteiger charge is -2.11. The highest BCUT2D eigenvalue weighted by molar-refractivity contribution is 5.86. The lowest BCUT2D eigenvalue weighted by Crippen LogP contribution is -2.01. The predicted octanol–water partition coefficient (Wildman–Crippen LogP) is 3.41. The Kier molecular flexibility index (Phi) is 6.88. The van der Waals surface area contributed by atoms with E-state index in [-0.39, 0.29) is 12.4 Å². The van der Waals surface area contributed by atoms with Gasteiger partial charge in [0.1, 0.15) is 19.0 Å². The van der Waals surface area contributed by atoms with Crippen molar-refractivity contribution < 1.29 is 28.3 Å². The molecule has 0 saturated carbocycles. The van der Waals surface area contributed by atoms with Gasteiger partial charge in [0, 0.05) is 5.56 Å². The third kappa shape index (κ3) is 5.27. The van der Waals surface area contributed by atoms with Crippen molar-refractivity contribution in [3.8, 4) is 11.5 Å². The zero-order chi connectivity index (χ0) is 18.1. The molecule has 0 radical (unpaired) electrons. The van der Waals surface area contributed by atoms with E-state index in [9.17, 15) is 4.79 Å². The van der Waals surface area contributed by atoms with Gasteiger partial charge in [-0.2, -0.15) is 0 Å². The molecule has 1 aromatic heterocycles. The van der Waals surface area contributed by atoms with Crippen LogP contribution in [0.4, 0.5) is 0 Å². The number of furan rings is 1. The van der Waals surface area contributed by atoms with E-state index in [2.05, 4.69) is 9.89 Å². The summed E-state index contributed by atoms with van der Waals surface area (Å²) in [5, 5.41) is 3.83. The van der Waals surface area contributed by atoms with E-state index in [1.807, 2.05) is 26.0 Å². The maximum Gasteiger partial charge on any atom is 0.373 e. The number of oxime groups is 1. The second kappa shape index (κ2) is 9.36. The van der Waals surface area contributed by atoms with Gasteiger partial charge in [0.25, 0.3) is 0 Å². The van der Waals surface area contributed by atoms with Crippen molar-refractivity contribution in [2.24, 2.45) is 5.16 Å².